The van der Waals surface area contributed by atoms with Gasteiger partial charge in [0.25, 0.3) is 0 Å². The minimum atomic E-state index is -0.602. The van der Waals surface area contributed by atoms with Gasteiger partial charge in [0.05, 0.1) is 31.3 Å². The molecule has 1 amide bonds. The normalized spacial score (nSPS) is 20.1. The average molecular weight is 339 g/mol. The Hall–Kier alpha value is -2.17. The van der Waals surface area contributed by atoms with Gasteiger partial charge < -0.3 is 14.7 Å². The molecule has 132 valence electrons. The smallest absolute Gasteiger partial charge is 0.230 e. The maximum absolute atomic E-state index is 13.0. The number of carbonyl (C=O) groups is 1. The van der Waals surface area contributed by atoms with Crippen LogP contribution in [0.15, 0.2) is 60.7 Å². The van der Waals surface area contributed by atoms with Gasteiger partial charge in [-0.3, -0.25) is 4.79 Å². The van der Waals surface area contributed by atoms with Crippen molar-refractivity contribution in [2.24, 2.45) is 0 Å². The van der Waals surface area contributed by atoms with Crippen molar-refractivity contribution in [3.8, 4) is 0 Å². The summed E-state index contributed by atoms with van der Waals surface area (Å²) in [7, 11) is 0. The molecule has 2 aromatic rings. The average Bonchev–Trinajstić information content (AvgIpc) is 2.68. The zero-order valence-electron chi connectivity index (χ0n) is 14.5. The van der Waals surface area contributed by atoms with Crippen molar-refractivity contribution >= 4 is 5.91 Å². The fourth-order valence-corrected chi connectivity index (χ4v) is 3.34. The van der Waals surface area contributed by atoms with E-state index in [1.807, 2.05) is 72.5 Å². The van der Waals surface area contributed by atoms with E-state index in [0.717, 1.165) is 11.1 Å². The van der Waals surface area contributed by atoms with Crippen LogP contribution >= 0.6 is 0 Å². The fourth-order valence-electron chi connectivity index (χ4n) is 3.34. The number of benzene rings is 2. The first-order chi connectivity index (χ1) is 12.2. The van der Waals surface area contributed by atoms with Crippen LogP contribution in [0.1, 0.15) is 36.5 Å². The van der Waals surface area contributed by atoms with E-state index in [-0.39, 0.29) is 17.9 Å². The molecule has 4 nitrogen and oxygen atoms in total. The Kier molecular flexibility index (Phi) is 5.84. The van der Waals surface area contributed by atoms with Crippen molar-refractivity contribution in [3.05, 3.63) is 71.8 Å². The number of hydrogen-bond donors (Lipinski definition) is 1. The van der Waals surface area contributed by atoms with Crippen molar-refractivity contribution < 1.29 is 14.6 Å². The molecule has 1 fully saturated rings. The topological polar surface area (TPSA) is 49.8 Å². The predicted molar refractivity (Wildman–Crippen MR) is 97.2 cm³/mol. The van der Waals surface area contributed by atoms with E-state index in [1.165, 1.54) is 0 Å². The van der Waals surface area contributed by atoms with Crippen LogP contribution in [0.25, 0.3) is 0 Å². The number of ether oxygens (including phenoxy) is 1. The number of aliphatic hydroxyl groups is 1. The molecule has 4 heteroatoms. The highest BCUT2D eigenvalue weighted by Gasteiger charge is 2.32. The maximum atomic E-state index is 13.0. The van der Waals surface area contributed by atoms with E-state index < -0.39 is 6.10 Å². The summed E-state index contributed by atoms with van der Waals surface area (Å²) in [5.41, 5.74) is 1.89. The molecule has 1 N–H and O–H groups in total. The third kappa shape index (κ3) is 4.27. The van der Waals surface area contributed by atoms with E-state index in [9.17, 15) is 9.90 Å². The lowest BCUT2D eigenvalue weighted by molar-refractivity contribution is -0.142. The zero-order chi connectivity index (χ0) is 17.6. The zero-order valence-corrected chi connectivity index (χ0v) is 14.5. The second kappa shape index (κ2) is 8.28. The summed E-state index contributed by atoms with van der Waals surface area (Å²) in [6, 6.07) is 19.3. The number of hydrogen-bond acceptors (Lipinski definition) is 3. The molecule has 3 atom stereocenters. The van der Waals surface area contributed by atoms with Crippen LogP contribution in [0.5, 0.6) is 0 Å². The Labute approximate surface area is 149 Å². The maximum Gasteiger partial charge on any atom is 0.230 e. The highest BCUT2D eigenvalue weighted by molar-refractivity contribution is 5.83. The number of amides is 1. The molecule has 0 aromatic heterocycles. The molecular weight excluding hydrogens is 314 g/mol. The van der Waals surface area contributed by atoms with E-state index in [1.54, 1.807) is 0 Å². The molecular formula is C21H25NO3. The van der Waals surface area contributed by atoms with Gasteiger partial charge in [-0.2, -0.15) is 0 Å². The Morgan fingerprint density at radius 1 is 1.12 bits per heavy atom. The van der Waals surface area contributed by atoms with Gasteiger partial charge in [-0.05, 0) is 18.1 Å². The standard InChI is InChI=1S/C21H25NO3/c1-16(17-8-4-2-5-9-17)21(24)22-12-13-25-15-19(22)14-20(23)18-10-6-3-7-11-18/h2-11,16,19-20,23H,12-15H2,1H3/t16-,19-,20-/m1/s1. The van der Waals surface area contributed by atoms with E-state index >= 15 is 0 Å². The highest BCUT2D eigenvalue weighted by Crippen LogP contribution is 2.26. The minimum Gasteiger partial charge on any atom is -0.388 e. The van der Waals surface area contributed by atoms with E-state index in [4.69, 9.17) is 4.74 Å². The first kappa shape index (κ1) is 17.6. The quantitative estimate of drug-likeness (QED) is 0.910. The lowest BCUT2D eigenvalue weighted by Crippen LogP contribution is -2.50. The number of carbonyl (C=O) groups excluding carboxylic acids is 1. The van der Waals surface area contributed by atoms with Crippen LogP contribution in [0, 0.1) is 0 Å². The molecule has 1 aliphatic rings. The molecule has 0 saturated carbocycles. The summed E-state index contributed by atoms with van der Waals surface area (Å²) in [4.78, 5) is 14.9. The summed E-state index contributed by atoms with van der Waals surface area (Å²) in [6.07, 6.45) is -0.118. The summed E-state index contributed by atoms with van der Waals surface area (Å²) < 4.78 is 5.58. The minimum absolute atomic E-state index is 0.0970. The first-order valence-electron chi connectivity index (χ1n) is 8.83. The summed E-state index contributed by atoms with van der Waals surface area (Å²) >= 11 is 0. The molecule has 0 bridgehead atoms. The fraction of sp³-hybridized carbons (Fsp3) is 0.381. The Balaban J connectivity index is 1.71. The second-order valence-corrected chi connectivity index (χ2v) is 6.55. The molecule has 1 heterocycles. The number of rotatable bonds is 5. The molecule has 0 aliphatic carbocycles. The van der Waals surface area contributed by atoms with Gasteiger partial charge in [0.1, 0.15) is 0 Å². The van der Waals surface area contributed by atoms with Crippen LogP contribution in [0.4, 0.5) is 0 Å². The van der Waals surface area contributed by atoms with Crippen LogP contribution in [0.3, 0.4) is 0 Å². The Bertz CT molecular complexity index is 674. The highest BCUT2D eigenvalue weighted by atomic mass is 16.5. The predicted octanol–water partition coefficient (Wildman–Crippen LogP) is 3.14. The van der Waals surface area contributed by atoms with Crippen molar-refractivity contribution in [2.45, 2.75) is 31.4 Å². The first-order valence-corrected chi connectivity index (χ1v) is 8.83. The van der Waals surface area contributed by atoms with Gasteiger partial charge in [0.15, 0.2) is 0 Å². The van der Waals surface area contributed by atoms with Crippen molar-refractivity contribution in [1.29, 1.82) is 0 Å². The summed E-state index contributed by atoms with van der Waals surface area (Å²) in [5, 5.41) is 10.5. The van der Waals surface area contributed by atoms with E-state index in [2.05, 4.69) is 0 Å². The SMILES string of the molecule is C[C@@H](C(=O)N1CCOC[C@H]1C[C@@H](O)c1ccccc1)c1ccccc1. The van der Waals surface area contributed by atoms with E-state index in [0.29, 0.717) is 26.2 Å². The number of aliphatic hydroxyl groups excluding tert-OH is 1. The second-order valence-electron chi connectivity index (χ2n) is 6.55. The monoisotopic (exact) mass is 339 g/mol. The largest absolute Gasteiger partial charge is 0.388 e. The van der Waals surface area contributed by atoms with Gasteiger partial charge >= 0.3 is 0 Å². The van der Waals surface area contributed by atoms with Crippen LogP contribution in [-0.2, 0) is 9.53 Å². The molecule has 25 heavy (non-hydrogen) atoms. The van der Waals surface area contributed by atoms with Crippen molar-refractivity contribution in [3.63, 3.8) is 0 Å². The Morgan fingerprint density at radius 3 is 2.36 bits per heavy atom. The molecule has 0 radical (unpaired) electrons. The van der Waals surface area contributed by atoms with Crippen LogP contribution < -0.4 is 0 Å². The molecule has 2 aromatic carbocycles. The molecule has 0 spiro atoms. The third-order valence-electron chi connectivity index (χ3n) is 4.86. The molecule has 0 unspecified atom stereocenters. The lowest BCUT2D eigenvalue weighted by Gasteiger charge is -2.38. The van der Waals surface area contributed by atoms with Gasteiger partial charge in [0.2, 0.25) is 5.91 Å². The van der Waals surface area contributed by atoms with Gasteiger partial charge in [-0.25, -0.2) is 0 Å². The van der Waals surface area contributed by atoms with Crippen LogP contribution in [0.2, 0.25) is 0 Å². The van der Waals surface area contributed by atoms with Crippen molar-refractivity contribution in [2.75, 3.05) is 19.8 Å². The number of nitrogens with zero attached hydrogens (tertiary/aromatic N) is 1. The van der Waals surface area contributed by atoms with Crippen LogP contribution in [-0.4, -0.2) is 41.7 Å². The van der Waals surface area contributed by atoms with Crippen molar-refractivity contribution in [1.82, 2.24) is 4.90 Å². The third-order valence-corrected chi connectivity index (χ3v) is 4.86. The Morgan fingerprint density at radius 2 is 1.72 bits per heavy atom. The number of morpholine rings is 1. The van der Waals surface area contributed by atoms with Gasteiger partial charge in [-0.15, -0.1) is 0 Å². The molecule has 3 rings (SSSR count). The molecule has 1 saturated heterocycles. The summed E-state index contributed by atoms with van der Waals surface area (Å²) in [5.74, 6) is -0.101. The summed E-state index contributed by atoms with van der Waals surface area (Å²) in [6.45, 7) is 3.53. The lowest BCUT2D eigenvalue weighted by atomic mass is 9.96. The molecule has 1 aliphatic heterocycles. The van der Waals surface area contributed by atoms with Gasteiger partial charge in [-0.1, -0.05) is 60.7 Å². The van der Waals surface area contributed by atoms with Gasteiger partial charge in [0, 0.05) is 13.0 Å².